The van der Waals surface area contributed by atoms with Crippen molar-refractivity contribution in [2.45, 2.75) is 31.2 Å². The first-order valence-electron chi connectivity index (χ1n) is 10.1. The third-order valence-electron chi connectivity index (χ3n) is 4.76. The number of benzene rings is 3. The van der Waals surface area contributed by atoms with Crippen LogP contribution < -0.4 is 14.8 Å². The van der Waals surface area contributed by atoms with Gasteiger partial charge < -0.3 is 10.1 Å². The van der Waals surface area contributed by atoms with Crippen molar-refractivity contribution in [3.63, 3.8) is 0 Å². The van der Waals surface area contributed by atoms with E-state index < -0.39 is 22.0 Å². The fraction of sp³-hybridized carbons (Fsp3) is 0.208. The lowest BCUT2D eigenvalue weighted by Gasteiger charge is -2.19. The van der Waals surface area contributed by atoms with Crippen LogP contribution in [0.1, 0.15) is 18.1 Å². The van der Waals surface area contributed by atoms with Gasteiger partial charge in [0.25, 0.3) is 0 Å². The molecule has 0 unspecified atom stereocenters. The van der Waals surface area contributed by atoms with Gasteiger partial charge in [-0.05, 0) is 73.9 Å². The summed E-state index contributed by atoms with van der Waals surface area (Å²) < 4.78 is 35.2. The molecule has 0 saturated heterocycles. The van der Waals surface area contributed by atoms with Gasteiger partial charge >= 0.3 is 0 Å². The summed E-state index contributed by atoms with van der Waals surface area (Å²) in [6.07, 6.45) is 0.207. The zero-order chi connectivity index (χ0) is 23.1. The van der Waals surface area contributed by atoms with Crippen molar-refractivity contribution in [3.05, 3.63) is 88.4 Å². The van der Waals surface area contributed by atoms with E-state index in [0.717, 1.165) is 10.0 Å². The molecule has 6 nitrogen and oxygen atoms in total. The van der Waals surface area contributed by atoms with Crippen LogP contribution in [0.4, 0.5) is 5.69 Å². The van der Waals surface area contributed by atoms with Crippen LogP contribution in [-0.2, 0) is 21.2 Å². The summed E-state index contributed by atoms with van der Waals surface area (Å²) in [6, 6.07) is 20.0. The van der Waals surface area contributed by atoms with Crippen molar-refractivity contribution >= 4 is 37.5 Å². The highest BCUT2D eigenvalue weighted by Gasteiger charge is 2.26. The van der Waals surface area contributed by atoms with Crippen molar-refractivity contribution in [2.24, 2.45) is 0 Å². The Morgan fingerprint density at radius 3 is 2.34 bits per heavy atom. The second-order valence-electron chi connectivity index (χ2n) is 7.22. The van der Waals surface area contributed by atoms with E-state index >= 15 is 0 Å². The molecule has 1 atom stereocenters. The molecule has 0 heterocycles. The Morgan fingerprint density at radius 1 is 1.03 bits per heavy atom. The van der Waals surface area contributed by atoms with Crippen molar-refractivity contribution in [1.82, 2.24) is 4.72 Å². The van der Waals surface area contributed by atoms with Crippen LogP contribution in [-0.4, -0.2) is 27.0 Å². The second kappa shape index (κ2) is 10.8. The molecule has 32 heavy (non-hydrogen) atoms. The van der Waals surface area contributed by atoms with Crippen LogP contribution >= 0.6 is 15.9 Å². The fourth-order valence-corrected chi connectivity index (χ4v) is 4.71. The molecule has 0 radical (unpaired) electrons. The number of amides is 1. The van der Waals surface area contributed by atoms with Gasteiger partial charge in [0.2, 0.25) is 15.9 Å². The summed E-state index contributed by atoms with van der Waals surface area (Å²) in [5.41, 5.74) is 2.12. The SMILES string of the molecule is CCOc1ccc(S(=O)(=O)N[C@@H](Cc2ccccc2)C(=O)Nc2ccc(Br)cc2)cc1C. The summed E-state index contributed by atoms with van der Waals surface area (Å²) >= 11 is 3.36. The predicted molar refractivity (Wildman–Crippen MR) is 129 cm³/mol. The number of hydrogen-bond donors (Lipinski definition) is 2. The molecule has 0 spiro atoms. The number of carbonyl (C=O) groups excluding carboxylic acids is 1. The molecule has 0 aliphatic rings. The van der Waals surface area contributed by atoms with E-state index in [1.165, 1.54) is 6.07 Å². The predicted octanol–water partition coefficient (Wildman–Crippen LogP) is 4.68. The molecule has 0 aliphatic carbocycles. The van der Waals surface area contributed by atoms with Gasteiger partial charge in [0.1, 0.15) is 11.8 Å². The number of hydrogen-bond acceptors (Lipinski definition) is 4. The third-order valence-corrected chi connectivity index (χ3v) is 6.76. The third kappa shape index (κ3) is 6.41. The fourth-order valence-electron chi connectivity index (χ4n) is 3.16. The van der Waals surface area contributed by atoms with Crippen LogP contribution in [0.5, 0.6) is 5.75 Å². The first kappa shape index (κ1) is 24.0. The van der Waals surface area contributed by atoms with E-state index in [1.807, 2.05) is 37.3 Å². The van der Waals surface area contributed by atoms with Gasteiger partial charge in [0.05, 0.1) is 11.5 Å². The molecule has 3 aromatic rings. The first-order chi connectivity index (χ1) is 15.3. The summed E-state index contributed by atoms with van der Waals surface area (Å²) in [6.45, 7) is 4.14. The number of rotatable bonds is 9. The Kier molecular flexibility index (Phi) is 8.06. The molecule has 8 heteroatoms. The van der Waals surface area contributed by atoms with Gasteiger partial charge in [0.15, 0.2) is 0 Å². The zero-order valence-electron chi connectivity index (χ0n) is 17.8. The Labute approximate surface area is 197 Å². The summed E-state index contributed by atoms with van der Waals surface area (Å²) in [7, 11) is -3.95. The van der Waals surface area contributed by atoms with Crippen LogP contribution in [0.2, 0.25) is 0 Å². The molecule has 0 aliphatic heterocycles. The van der Waals surface area contributed by atoms with E-state index in [4.69, 9.17) is 4.74 Å². The lowest BCUT2D eigenvalue weighted by Crippen LogP contribution is -2.45. The van der Waals surface area contributed by atoms with Crippen molar-refractivity contribution in [1.29, 1.82) is 0 Å². The van der Waals surface area contributed by atoms with Gasteiger partial charge in [-0.2, -0.15) is 4.72 Å². The van der Waals surface area contributed by atoms with E-state index in [9.17, 15) is 13.2 Å². The molecule has 0 aromatic heterocycles. The lowest BCUT2D eigenvalue weighted by atomic mass is 10.1. The van der Waals surface area contributed by atoms with Crippen LogP contribution in [0.15, 0.2) is 82.2 Å². The van der Waals surface area contributed by atoms with Gasteiger partial charge in [0, 0.05) is 10.2 Å². The van der Waals surface area contributed by atoms with Crippen molar-refractivity contribution in [2.75, 3.05) is 11.9 Å². The molecular weight excluding hydrogens is 492 g/mol. The minimum atomic E-state index is -3.95. The summed E-state index contributed by atoms with van der Waals surface area (Å²) in [4.78, 5) is 13.1. The van der Waals surface area contributed by atoms with Crippen LogP contribution in [0.3, 0.4) is 0 Å². The molecule has 2 N–H and O–H groups in total. The first-order valence-corrected chi connectivity index (χ1v) is 12.4. The lowest BCUT2D eigenvalue weighted by molar-refractivity contribution is -0.117. The van der Waals surface area contributed by atoms with Crippen molar-refractivity contribution < 1.29 is 17.9 Å². The standard InChI is InChI=1S/C24H25BrN2O4S/c1-3-31-23-14-13-21(15-17(23)2)32(29,30)27-22(16-18-7-5-4-6-8-18)24(28)26-20-11-9-19(25)10-12-20/h4-15,22,27H,3,16H2,1-2H3,(H,26,28)/t22-/m0/s1. The molecule has 1 amide bonds. The summed E-state index contributed by atoms with van der Waals surface area (Å²) in [5.74, 6) is 0.183. The summed E-state index contributed by atoms with van der Waals surface area (Å²) in [5, 5.41) is 2.79. The highest BCUT2D eigenvalue weighted by Crippen LogP contribution is 2.22. The molecule has 0 bridgehead atoms. The van der Waals surface area contributed by atoms with Crippen molar-refractivity contribution in [3.8, 4) is 5.75 Å². The van der Waals surface area contributed by atoms with Crippen LogP contribution in [0.25, 0.3) is 0 Å². The largest absolute Gasteiger partial charge is 0.494 e. The second-order valence-corrected chi connectivity index (χ2v) is 9.85. The van der Waals surface area contributed by atoms with E-state index in [0.29, 0.717) is 23.6 Å². The van der Waals surface area contributed by atoms with Gasteiger partial charge in [-0.1, -0.05) is 46.3 Å². The molecule has 3 aromatic carbocycles. The maximum absolute atomic E-state index is 13.1. The number of carbonyl (C=O) groups is 1. The smallest absolute Gasteiger partial charge is 0.242 e. The average molecular weight is 517 g/mol. The number of ether oxygens (including phenoxy) is 1. The number of nitrogens with one attached hydrogen (secondary N) is 2. The minimum Gasteiger partial charge on any atom is -0.494 e. The van der Waals surface area contributed by atoms with Crippen LogP contribution in [0, 0.1) is 6.92 Å². The minimum absolute atomic E-state index is 0.0768. The van der Waals surface area contributed by atoms with E-state index in [-0.39, 0.29) is 11.3 Å². The number of anilines is 1. The maximum atomic E-state index is 13.1. The monoisotopic (exact) mass is 516 g/mol. The van der Waals surface area contributed by atoms with Gasteiger partial charge in [-0.15, -0.1) is 0 Å². The highest BCUT2D eigenvalue weighted by molar-refractivity contribution is 9.10. The molecule has 0 fully saturated rings. The molecule has 168 valence electrons. The average Bonchev–Trinajstić information content (AvgIpc) is 2.77. The zero-order valence-corrected chi connectivity index (χ0v) is 20.2. The Balaban J connectivity index is 1.86. The highest BCUT2D eigenvalue weighted by atomic mass is 79.9. The molecular formula is C24H25BrN2O4S. The topological polar surface area (TPSA) is 84.5 Å². The number of halogens is 1. The maximum Gasteiger partial charge on any atom is 0.242 e. The number of aryl methyl sites for hydroxylation is 1. The Hall–Kier alpha value is -2.68. The number of sulfonamides is 1. The van der Waals surface area contributed by atoms with Gasteiger partial charge in [-0.25, -0.2) is 8.42 Å². The Bertz CT molecular complexity index is 1170. The van der Waals surface area contributed by atoms with E-state index in [2.05, 4.69) is 26.0 Å². The quantitative estimate of drug-likeness (QED) is 0.432. The van der Waals surface area contributed by atoms with Gasteiger partial charge in [-0.3, -0.25) is 4.79 Å². The molecule has 0 saturated carbocycles. The Morgan fingerprint density at radius 2 is 1.72 bits per heavy atom. The molecule has 3 rings (SSSR count). The van der Waals surface area contributed by atoms with E-state index in [1.54, 1.807) is 43.3 Å². The normalized spacial score (nSPS) is 12.2.